The number of hydrogen-bond acceptors (Lipinski definition) is 7. The normalized spacial score (nSPS) is 15.3. The van der Waals surface area contributed by atoms with E-state index in [-0.39, 0.29) is 12.7 Å². The number of nitrogens with one attached hydrogen (secondary N) is 1. The molecule has 0 unspecified atom stereocenters. The van der Waals surface area contributed by atoms with Gasteiger partial charge in [0.25, 0.3) is 5.91 Å². The van der Waals surface area contributed by atoms with Crippen LogP contribution in [0.2, 0.25) is 0 Å². The molecule has 1 aromatic carbocycles. The Hall–Kier alpha value is -3.62. The summed E-state index contributed by atoms with van der Waals surface area (Å²) in [5.74, 6) is 2.75. The van der Waals surface area contributed by atoms with Gasteiger partial charge in [-0.2, -0.15) is 0 Å². The third kappa shape index (κ3) is 3.78. The number of amides is 1. The second-order valence-corrected chi connectivity index (χ2v) is 7.32. The van der Waals surface area contributed by atoms with Gasteiger partial charge >= 0.3 is 0 Å². The van der Waals surface area contributed by atoms with Crippen LogP contribution in [0.5, 0.6) is 11.5 Å². The molecule has 3 aromatic rings. The molecule has 9 heteroatoms. The Balaban J connectivity index is 1.25. The fourth-order valence-electron chi connectivity index (χ4n) is 3.66. The summed E-state index contributed by atoms with van der Waals surface area (Å²) < 4.78 is 12.4. The van der Waals surface area contributed by atoms with Gasteiger partial charge in [0.05, 0.1) is 0 Å². The van der Waals surface area contributed by atoms with Crippen molar-refractivity contribution in [2.75, 3.05) is 24.8 Å². The van der Waals surface area contributed by atoms with Gasteiger partial charge < -0.3 is 19.7 Å². The van der Waals surface area contributed by atoms with E-state index in [2.05, 4.69) is 25.2 Å². The highest BCUT2D eigenvalue weighted by Crippen LogP contribution is 2.32. The van der Waals surface area contributed by atoms with Crippen molar-refractivity contribution >= 4 is 11.7 Å². The van der Waals surface area contributed by atoms with Crippen molar-refractivity contribution in [3.8, 4) is 17.3 Å². The molecule has 0 spiro atoms. The number of carbonyl (C=O) groups excluding carboxylic acids is 1. The number of piperidine rings is 1. The highest BCUT2D eigenvalue weighted by Gasteiger charge is 2.16. The fourth-order valence-corrected chi connectivity index (χ4v) is 3.66. The van der Waals surface area contributed by atoms with E-state index in [9.17, 15) is 4.79 Å². The van der Waals surface area contributed by atoms with Gasteiger partial charge in [0.15, 0.2) is 11.5 Å². The number of fused-ring (bicyclic) bond motifs is 1. The molecule has 9 nitrogen and oxygen atoms in total. The maximum atomic E-state index is 12.5. The summed E-state index contributed by atoms with van der Waals surface area (Å²) in [4.78, 5) is 27.8. The topological polar surface area (TPSA) is 94.4 Å². The largest absolute Gasteiger partial charge is 0.454 e. The summed E-state index contributed by atoms with van der Waals surface area (Å²) in [6, 6.07) is 7.54. The second kappa shape index (κ2) is 8.02. The van der Waals surface area contributed by atoms with Gasteiger partial charge in [-0.1, -0.05) is 6.07 Å². The molecule has 4 heterocycles. The van der Waals surface area contributed by atoms with Crippen molar-refractivity contribution < 1.29 is 14.3 Å². The molecule has 2 aromatic heterocycles. The quantitative estimate of drug-likeness (QED) is 0.695. The number of benzene rings is 1. The average Bonchev–Trinajstić information content (AvgIpc) is 3.48. The summed E-state index contributed by atoms with van der Waals surface area (Å²) in [6.07, 6.45) is 8.45. The Morgan fingerprint density at radius 1 is 1.00 bits per heavy atom. The SMILES string of the molecule is O=C(NCc1ccc2c(c1)OCO2)c1cn(-c2cc(N3CCCCC3)ncn2)cn1. The van der Waals surface area contributed by atoms with Crippen LogP contribution in [-0.2, 0) is 6.54 Å². The molecule has 1 N–H and O–H groups in total. The summed E-state index contributed by atoms with van der Waals surface area (Å²) >= 11 is 0. The molecule has 0 atom stereocenters. The number of imidazole rings is 1. The van der Waals surface area contributed by atoms with E-state index in [1.807, 2.05) is 24.3 Å². The average molecular weight is 406 g/mol. The van der Waals surface area contributed by atoms with Gasteiger partial charge in [0, 0.05) is 31.9 Å². The first kappa shape index (κ1) is 18.4. The minimum atomic E-state index is -0.253. The van der Waals surface area contributed by atoms with Crippen LogP contribution in [0.4, 0.5) is 5.82 Å². The molecule has 0 aliphatic carbocycles. The van der Waals surface area contributed by atoms with Crippen LogP contribution in [0, 0.1) is 0 Å². The van der Waals surface area contributed by atoms with E-state index in [4.69, 9.17) is 9.47 Å². The zero-order valence-corrected chi connectivity index (χ0v) is 16.5. The molecule has 1 saturated heterocycles. The lowest BCUT2D eigenvalue weighted by molar-refractivity contribution is 0.0946. The van der Waals surface area contributed by atoms with E-state index < -0.39 is 0 Å². The molecular weight excluding hydrogens is 384 g/mol. The van der Waals surface area contributed by atoms with Gasteiger partial charge in [-0.25, -0.2) is 15.0 Å². The molecule has 154 valence electrons. The summed E-state index contributed by atoms with van der Waals surface area (Å²) in [6.45, 7) is 2.61. The highest BCUT2D eigenvalue weighted by atomic mass is 16.7. The summed E-state index contributed by atoms with van der Waals surface area (Å²) in [5.41, 5.74) is 1.25. The predicted molar refractivity (Wildman–Crippen MR) is 109 cm³/mol. The Bertz CT molecular complexity index is 1060. The smallest absolute Gasteiger partial charge is 0.271 e. The maximum absolute atomic E-state index is 12.5. The van der Waals surface area contributed by atoms with Crippen molar-refractivity contribution in [2.24, 2.45) is 0 Å². The molecule has 0 radical (unpaired) electrons. The molecule has 30 heavy (non-hydrogen) atoms. The molecule has 0 bridgehead atoms. The van der Waals surface area contributed by atoms with Gasteiger partial charge in [0.2, 0.25) is 6.79 Å². The number of aromatic nitrogens is 4. The van der Waals surface area contributed by atoms with Crippen LogP contribution in [0.3, 0.4) is 0 Å². The number of rotatable bonds is 5. The lowest BCUT2D eigenvalue weighted by Gasteiger charge is -2.27. The Morgan fingerprint density at radius 3 is 2.73 bits per heavy atom. The van der Waals surface area contributed by atoms with Crippen molar-refractivity contribution in [2.45, 2.75) is 25.8 Å². The van der Waals surface area contributed by atoms with Crippen LogP contribution in [0.15, 0.2) is 43.1 Å². The van der Waals surface area contributed by atoms with Crippen molar-refractivity contribution in [3.05, 3.63) is 54.4 Å². The monoisotopic (exact) mass is 406 g/mol. The first-order chi connectivity index (χ1) is 14.8. The number of nitrogens with zero attached hydrogens (tertiary/aromatic N) is 5. The van der Waals surface area contributed by atoms with Gasteiger partial charge in [-0.05, 0) is 37.0 Å². The zero-order valence-electron chi connectivity index (χ0n) is 16.5. The van der Waals surface area contributed by atoms with Crippen molar-refractivity contribution in [1.29, 1.82) is 0 Å². The highest BCUT2D eigenvalue weighted by molar-refractivity contribution is 5.92. The van der Waals surface area contributed by atoms with Crippen molar-refractivity contribution in [1.82, 2.24) is 24.8 Å². The number of ether oxygens (including phenoxy) is 2. The molecular formula is C21H22N6O3. The van der Waals surface area contributed by atoms with E-state index in [1.54, 1.807) is 23.4 Å². The lowest BCUT2D eigenvalue weighted by Crippen LogP contribution is -2.30. The van der Waals surface area contributed by atoms with E-state index in [0.29, 0.717) is 23.8 Å². The number of hydrogen-bond donors (Lipinski definition) is 1. The zero-order chi connectivity index (χ0) is 20.3. The third-order valence-corrected chi connectivity index (χ3v) is 5.29. The summed E-state index contributed by atoms with van der Waals surface area (Å²) in [7, 11) is 0. The molecule has 0 saturated carbocycles. The van der Waals surface area contributed by atoms with E-state index in [0.717, 1.165) is 30.2 Å². The van der Waals surface area contributed by atoms with Crippen LogP contribution in [0.25, 0.3) is 5.82 Å². The van der Waals surface area contributed by atoms with Gasteiger partial charge in [0.1, 0.15) is 30.0 Å². The van der Waals surface area contributed by atoms with E-state index in [1.165, 1.54) is 19.3 Å². The first-order valence-corrected chi connectivity index (χ1v) is 10.0. The lowest BCUT2D eigenvalue weighted by atomic mass is 10.1. The van der Waals surface area contributed by atoms with Crippen molar-refractivity contribution in [3.63, 3.8) is 0 Å². The first-order valence-electron chi connectivity index (χ1n) is 10.0. The van der Waals surface area contributed by atoms with Gasteiger partial charge in [-0.3, -0.25) is 9.36 Å². The van der Waals surface area contributed by atoms with E-state index >= 15 is 0 Å². The summed E-state index contributed by atoms with van der Waals surface area (Å²) in [5, 5.41) is 2.88. The Labute approximate surface area is 173 Å². The number of carbonyl (C=O) groups is 1. The van der Waals surface area contributed by atoms with Crippen LogP contribution in [0.1, 0.15) is 35.3 Å². The molecule has 1 amide bonds. The third-order valence-electron chi connectivity index (χ3n) is 5.29. The molecule has 5 rings (SSSR count). The van der Waals surface area contributed by atoms with Crippen LogP contribution >= 0.6 is 0 Å². The fraction of sp³-hybridized carbons (Fsp3) is 0.333. The molecule has 1 fully saturated rings. The predicted octanol–water partition coefficient (Wildman–Crippen LogP) is 2.31. The minimum Gasteiger partial charge on any atom is -0.454 e. The Morgan fingerprint density at radius 2 is 1.83 bits per heavy atom. The minimum absolute atomic E-state index is 0.227. The second-order valence-electron chi connectivity index (χ2n) is 7.32. The van der Waals surface area contributed by atoms with Crippen LogP contribution in [-0.4, -0.2) is 45.3 Å². The maximum Gasteiger partial charge on any atom is 0.271 e. The van der Waals surface area contributed by atoms with Gasteiger partial charge in [-0.15, -0.1) is 0 Å². The molecule has 2 aliphatic rings. The number of anilines is 1. The standard InChI is InChI=1S/C21H22N6O3/c28-21(22-10-15-4-5-17-18(8-15)30-14-29-17)16-11-27(13-25-16)20-9-19(23-12-24-20)26-6-2-1-3-7-26/h4-5,8-9,11-13H,1-3,6-7,10,14H2,(H,22,28). The van der Waals surface area contributed by atoms with Crippen LogP contribution < -0.4 is 19.7 Å². The molecule has 2 aliphatic heterocycles. The Kier molecular flexibility index (Phi) is 4.92.